The Morgan fingerprint density at radius 2 is 1.96 bits per heavy atom. The van der Waals surface area contributed by atoms with Gasteiger partial charge in [-0.1, -0.05) is 37.6 Å². The number of nitrogens with zero attached hydrogens (tertiary/aromatic N) is 2. The van der Waals surface area contributed by atoms with Crippen LogP contribution in [0.15, 0.2) is 29.6 Å². The van der Waals surface area contributed by atoms with Gasteiger partial charge >= 0.3 is 0 Å². The monoisotopic (exact) mass is 358 g/mol. The lowest BCUT2D eigenvalue weighted by atomic mass is 10.0. The number of hydrogen-bond acceptors (Lipinski definition) is 5. The maximum Gasteiger partial charge on any atom is 0.173 e. The van der Waals surface area contributed by atoms with Crippen LogP contribution in [0.25, 0.3) is 10.6 Å². The Morgan fingerprint density at radius 1 is 1.16 bits per heavy atom. The second kappa shape index (κ2) is 7.96. The van der Waals surface area contributed by atoms with Crippen LogP contribution in [0.2, 0.25) is 0 Å². The highest BCUT2D eigenvalue weighted by Gasteiger charge is 2.33. The molecule has 5 heteroatoms. The Morgan fingerprint density at radius 3 is 2.72 bits per heavy atom. The predicted octanol–water partition coefficient (Wildman–Crippen LogP) is 4.10. The van der Waals surface area contributed by atoms with Gasteiger partial charge in [0.05, 0.1) is 24.9 Å². The fraction of sp³-hybridized carbons (Fsp3) is 0.550. The Kier molecular flexibility index (Phi) is 5.46. The van der Waals surface area contributed by atoms with Crippen LogP contribution in [-0.4, -0.2) is 42.0 Å². The number of benzene rings is 1. The molecule has 1 atom stereocenters. The Labute approximate surface area is 153 Å². The molecule has 0 radical (unpaired) electrons. The number of thiazole rings is 1. The summed E-state index contributed by atoms with van der Waals surface area (Å²) < 4.78 is 11.6. The lowest BCUT2D eigenvalue weighted by molar-refractivity contribution is -0.111. The van der Waals surface area contributed by atoms with Gasteiger partial charge in [-0.25, -0.2) is 4.98 Å². The van der Waals surface area contributed by atoms with Crippen molar-refractivity contribution < 1.29 is 9.47 Å². The van der Waals surface area contributed by atoms with Crippen molar-refractivity contribution >= 4 is 11.3 Å². The number of hydrogen-bond donors (Lipinski definition) is 0. The molecule has 2 aromatic rings. The maximum atomic E-state index is 5.78. The van der Waals surface area contributed by atoms with E-state index in [9.17, 15) is 0 Å². The van der Waals surface area contributed by atoms with Gasteiger partial charge in [-0.15, -0.1) is 11.3 Å². The van der Waals surface area contributed by atoms with E-state index < -0.39 is 0 Å². The molecule has 0 spiro atoms. The molecule has 0 aliphatic carbocycles. The Hall–Kier alpha value is -1.27. The van der Waals surface area contributed by atoms with Gasteiger partial charge in [-0.3, -0.25) is 4.90 Å². The first-order chi connectivity index (χ1) is 12.3. The Bertz CT molecular complexity index is 679. The molecule has 2 aliphatic heterocycles. The third-order valence-electron chi connectivity index (χ3n) is 5.15. The zero-order valence-electron chi connectivity index (χ0n) is 14.8. The standard InChI is InChI=1S/C20H26N2O2S/c1-2-15-6-8-16(9-7-15)19-21-17(14-25-19)13-22-10-4-3-5-18(22)20-23-11-12-24-20/h6-9,14,18,20H,2-5,10-13H2,1H3. The molecule has 4 nitrogen and oxygen atoms in total. The van der Waals surface area contributed by atoms with E-state index in [1.165, 1.54) is 24.0 Å². The number of piperidine rings is 1. The van der Waals surface area contributed by atoms with Crippen molar-refractivity contribution in [1.29, 1.82) is 0 Å². The molecule has 2 aliphatic rings. The second-order valence-electron chi connectivity index (χ2n) is 6.84. The van der Waals surface area contributed by atoms with Gasteiger partial charge < -0.3 is 9.47 Å². The van der Waals surface area contributed by atoms with Crippen LogP contribution < -0.4 is 0 Å². The Balaban J connectivity index is 1.45. The number of aryl methyl sites for hydroxylation is 1. The van der Waals surface area contributed by atoms with E-state index in [-0.39, 0.29) is 6.29 Å². The van der Waals surface area contributed by atoms with Crippen molar-refractivity contribution in [3.05, 3.63) is 40.9 Å². The van der Waals surface area contributed by atoms with Crippen LogP contribution in [0, 0.1) is 0 Å². The third-order valence-corrected chi connectivity index (χ3v) is 6.09. The van der Waals surface area contributed by atoms with E-state index in [0.29, 0.717) is 6.04 Å². The molecule has 134 valence electrons. The minimum Gasteiger partial charge on any atom is -0.349 e. The van der Waals surface area contributed by atoms with Crippen molar-refractivity contribution in [2.45, 2.75) is 51.5 Å². The van der Waals surface area contributed by atoms with E-state index in [1.807, 2.05) is 0 Å². The largest absolute Gasteiger partial charge is 0.349 e. The average molecular weight is 359 g/mol. The molecule has 3 heterocycles. The van der Waals surface area contributed by atoms with Crippen LogP contribution in [0.5, 0.6) is 0 Å². The summed E-state index contributed by atoms with van der Waals surface area (Å²) in [7, 11) is 0. The van der Waals surface area contributed by atoms with Crippen LogP contribution >= 0.6 is 11.3 Å². The summed E-state index contributed by atoms with van der Waals surface area (Å²) in [5.74, 6) is 0. The summed E-state index contributed by atoms with van der Waals surface area (Å²) in [6.45, 7) is 5.62. The van der Waals surface area contributed by atoms with Gasteiger partial charge in [0.15, 0.2) is 6.29 Å². The highest BCUT2D eigenvalue weighted by molar-refractivity contribution is 7.13. The summed E-state index contributed by atoms with van der Waals surface area (Å²) >= 11 is 1.74. The van der Waals surface area contributed by atoms with Gasteiger partial charge in [-0.2, -0.15) is 0 Å². The zero-order chi connectivity index (χ0) is 17.1. The summed E-state index contributed by atoms with van der Waals surface area (Å²) in [5, 5.41) is 3.31. The molecule has 25 heavy (non-hydrogen) atoms. The molecule has 0 N–H and O–H groups in total. The van der Waals surface area contributed by atoms with Crippen molar-refractivity contribution in [1.82, 2.24) is 9.88 Å². The van der Waals surface area contributed by atoms with Crippen molar-refractivity contribution in [3.8, 4) is 10.6 Å². The lowest BCUT2D eigenvalue weighted by Crippen LogP contribution is -2.46. The fourth-order valence-corrected chi connectivity index (χ4v) is 4.54. The molecule has 0 amide bonds. The lowest BCUT2D eigenvalue weighted by Gasteiger charge is -2.37. The topological polar surface area (TPSA) is 34.6 Å². The summed E-state index contributed by atoms with van der Waals surface area (Å²) in [6.07, 6.45) is 4.68. The summed E-state index contributed by atoms with van der Waals surface area (Å²) in [5.41, 5.74) is 3.74. The van der Waals surface area contributed by atoms with Crippen LogP contribution in [0.1, 0.15) is 37.4 Å². The highest BCUT2D eigenvalue weighted by Crippen LogP contribution is 2.28. The normalized spacial score (nSPS) is 22.5. The molecular formula is C20H26N2O2S. The first-order valence-corrected chi connectivity index (χ1v) is 10.2. The van der Waals surface area contributed by atoms with Gasteiger partial charge in [0.1, 0.15) is 5.01 Å². The van der Waals surface area contributed by atoms with Crippen molar-refractivity contribution in [2.75, 3.05) is 19.8 Å². The van der Waals surface area contributed by atoms with Gasteiger partial charge in [-0.05, 0) is 31.4 Å². The van der Waals surface area contributed by atoms with E-state index in [0.717, 1.165) is 49.8 Å². The van der Waals surface area contributed by atoms with E-state index >= 15 is 0 Å². The number of rotatable bonds is 5. The first kappa shape index (κ1) is 17.2. The first-order valence-electron chi connectivity index (χ1n) is 9.34. The molecular weight excluding hydrogens is 332 g/mol. The minimum absolute atomic E-state index is 0.0556. The predicted molar refractivity (Wildman–Crippen MR) is 101 cm³/mol. The molecule has 2 saturated heterocycles. The molecule has 0 saturated carbocycles. The summed E-state index contributed by atoms with van der Waals surface area (Å²) in [6, 6.07) is 9.14. The van der Waals surface area contributed by atoms with E-state index in [2.05, 4.69) is 41.5 Å². The molecule has 1 unspecified atom stereocenters. The van der Waals surface area contributed by atoms with Crippen LogP contribution in [0.3, 0.4) is 0 Å². The number of aromatic nitrogens is 1. The van der Waals surface area contributed by atoms with Gasteiger partial charge in [0.25, 0.3) is 0 Å². The van der Waals surface area contributed by atoms with Crippen molar-refractivity contribution in [2.24, 2.45) is 0 Å². The number of likely N-dealkylation sites (tertiary alicyclic amines) is 1. The van der Waals surface area contributed by atoms with Gasteiger partial charge in [0, 0.05) is 17.5 Å². The van der Waals surface area contributed by atoms with Gasteiger partial charge in [0.2, 0.25) is 0 Å². The summed E-state index contributed by atoms with van der Waals surface area (Å²) in [4.78, 5) is 7.38. The smallest absolute Gasteiger partial charge is 0.173 e. The minimum atomic E-state index is -0.0556. The third kappa shape index (κ3) is 3.95. The quantitative estimate of drug-likeness (QED) is 0.806. The molecule has 2 fully saturated rings. The van der Waals surface area contributed by atoms with Crippen LogP contribution in [0.4, 0.5) is 0 Å². The highest BCUT2D eigenvalue weighted by atomic mass is 32.1. The average Bonchev–Trinajstić information content (AvgIpc) is 3.34. The SMILES string of the molecule is CCc1ccc(-c2nc(CN3CCCCC3C3OCCO3)cs2)cc1. The molecule has 0 bridgehead atoms. The molecule has 1 aromatic carbocycles. The maximum absolute atomic E-state index is 5.78. The van der Waals surface area contributed by atoms with E-state index in [1.54, 1.807) is 11.3 Å². The molecule has 4 rings (SSSR count). The number of ether oxygens (including phenoxy) is 2. The zero-order valence-corrected chi connectivity index (χ0v) is 15.6. The van der Waals surface area contributed by atoms with E-state index in [4.69, 9.17) is 14.5 Å². The second-order valence-corrected chi connectivity index (χ2v) is 7.70. The molecule has 1 aromatic heterocycles. The van der Waals surface area contributed by atoms with Crippen molar-refractivity contribution in [3.63, 3.8) is 0 Å². The van der Waals surface area contributed by atoms with Crippen LogP contribution in [-0.2, 0) is 22.4 Å². The fourth-order valence-electron chi connectivity index (χ4n) is 3.72.